The molecule has 3 N–H and O–H groups in total. The van der Waals surface area contributed by atoms with Crippen LogP contribution >= 0.6 is 23.1 Å². The number of rotatable bonds is 11. The van der Waals surface area contributed by atoms with Crippen molar-refractivity contribution in [3.05, 3.63) is 78.9 Å². The highest BCUT2D eigenvalue weighted by molar-refractivity contribution is 8.00. The van der Waals surface area contributed by atoms with Gasteiger partial charge in [0.05, 0.1) is 37.7 Å². The summed E-state index contributed by atoms with van der Waals surface area (Å²) in [5, 5.41) is 26.8. The Balaban J connectivity index is 1.20. The summed E-state index contributed by atoms with van der Waals surface area (Å²) >= 11 is 2.74. The van der Waals surface area contributed by atoms with Crippen LogP contribution < -0.4 is 30.4 Å². The average molecular weight is 627 g/mol. The molecule has 2 aromatic heterocycles. The van der Waals surface area contributed by atoms with E-state index in [1.807, 2.05) is 78.7 Å². The van der Waals surface area contributed by atoms with Crippen molar-refractivity contribution in [2.75, 3.05) is 35.2 Å². The fourth-order valence-corrected chi connectivity index (χ4v) is 6.20. The van der Waals surface area contributed by atoms with E-state index in [2.05, 4.69) is 60.2 Å². The second kappa shape index (κ2) is 13.1. The molecular formula is C30H30N10O2S2. The Kier molecular flexibility index (Phi) is 8.70. The molecule has 44 heavy (non-hydrogen) atoms. The zero-order chi connectivity index (χ0) is 30.5. The highest BCUT2D eigenvalue weighted by Crippen LogP contribution is 2.33. The summed E-state index contributed by atoms with van der Waals surface area (Å²) < 4.78 is 11.2. The van der Waals surface area contributed by atoms with Crippen molar-refractivity contribution < 1.29 is 9.47 Å². The second-order valence-electron chi connectivity index (χ2n) is 9.73. The molecule has 0 spiro atoms. The Morgan fingerprint density at radius 1 is 0.773 bits per heavy atom. The lowest BCUT2D eigenvalue weighted by Crippen LogP contribution is -2.39. The van der Waals surface area contributed by atoms with Crippen LogP contribution in [0.3, 0.4) is 0 Å². The van der Waals surface area contributed by atoms with Gasteiger partial charge in [0, 0.05) is 11.4 Å². The number of para-hydroxylation sites is 1. The van der Waals surface area contributed by atoms with Crippen LogP contribution in [0.5, 0.6) is 11.5 Å². The standard InChI is InChI=1S/C30H30N10O2S2/c1-18-25(19(2)40(39-18)22-8-6-5-7-9-22)33-29-37-38-30(44-29)43-28-35-26(31-20-10-14-23(41-3)15-11-20)34-27(36-28)32-21-12-16-24(42-4)17-13-21/h5-17,19,25H,1-4H3,(H,33,37)(H2,31,32,34,35,36). The zero-order valence-electron chi connectivity index (χ0n) is 24.4. The summed E-state index contributed by atoms with van der Waals surface area (Å²) in [6, 6.07) is 25.2. The fourth-order valence-electron chi connectivity index (χ4n) is 4.55. The Morgan fingerprint density at radius 2 is 1.36 bits per heavy atom. The predicted molar refractivity (Wildman–Crippen MR) is 175 cm³/mol. The van der Waals surface area contributed by atoms with Gasteiger partial charge in [0.25, 0.3) is 0 Å². The first kappa shape index (κ1) is 29.1. The van der Waals surface area contributed by atoms with Crippen molar-refractivity contribution in [3.63, 3.8) is 0 Å². The van der Waals surface area contributed by atoms with Gasteiger partial charge in [-0.05, 0) is 86.3 Å². The topological polar surface area (TPSA) is 135 Å². The van der Waals surface area contributed by atoms with E-state index in [1.165, 1.54) is 23.1 Å². The predicted octanol–water partition coefficient (Wildman–Crippen LogP) is 6.44. The normalized spacial score (nSPS) is 15.9. The average Bonchev–Trinajstić information content (AvgIpc) is 3.61. The third kappa shape index (κ3) is 6.82. The fraction of sp³-hybridized carbons (Fsp3) is 0.200. The van der Waals surface area contributed by atoms with Crippen molar-refractivity contribution in [1.29, 1.82) is 0 Å². The number of nitrogens with one attached hydrogen (secondary N) is 3. The minimum absolute atomic E-state index is 0.0150. The van der Waals surface area contributed by atoms with E-state index in [1.54, 1.807) is 14.2 Å². The van der Waals surface area contributed by atoms with Crippen LogP contribution in [0.2, 0.25) is 0 Å². The van der Waals surface area contributed by atoms with Crippen LogP contribution in [0.25, 0.3) is 0 Å². The van der Waals surface area contributed by atoms with E-state index in [4.69, 9.17) is 14.6 Å². The van der Waals surface area contributed by atoms with Crippen molar-refractivity contribution >= 4 is 62.9 Å². The van der Waals surface area contributed by atoms with Crippen molar-refractivity contribution in [2.45, 2.75) is 35.4 Å². The van der Waals surface area contributed by atoms with E-state index in [-0.39, 0.29) is 12.1 Å². The Morgan fingerprint density at radius 3 is 1.93 bits per heavy atom. The maximum atomic E-state index is 5.27. The number of hydrazone groups is 1. The number of hydrogen-bond acceptors (Lipinski definition) is 14. The maximum Gasteiger partial charge on any atom is 0.233 e. The molecule has 1 aliphatic heterocycles. The molecule has 0 bridgehead atoms. The molecule has 0 amide bonds. The van der Waals surface area contributed by atoms with Gasteiger partial charge in [0.1, 0.15) is 11.5 Å². The second-order valence-corrected chi connectivity index (χ2v) is 11.9. The van der Waals surface area contributed by atoms with Gasteiger partial charge in [0.15, 0.2) is 4.34 Å². The lowest BCUT2D eigenvalue weighted by Gasteiger charge is -2.24. The van der Waals surface area contributed by atoms with Gasteiger partial charge in [-0.2, -0.15) is 20.1 Å². The van der Waals surface area contributed by atoms with Gasteiger partial charge in [-0.25, -0.2) is 0 Å². The lowest BCUT2D eigenvalue weighted by molar-refractivity contribution is 0.415. The van der Waals surface area contributed by atoms with Gasteiger partial charge in [0.2, 0.25) is 22.2 Å². The summed E-state index contributed by atoms with van der Waals surface area (Å²) in [4.78, 5) is 13.9. The minimum atomic E-state index is -0.0150. The van der Waals surface area contributed by atoms with E-state index in [0.29, 0.717) is 26.5 Å². The van der Waals surface area contributed by atoms with E-state index in [9.17, 15) is 0 Å². The van der Waals surface area contributed by atoms with Crippen LogP contribution in [-0.2, 0) is 0 Å². The number of ether oxygens (including phenoxy) is 2. The summed E-state index contributed by atoms with van der Waals surface area (Å²) in [5.74, 6) is 2.26. The number of methoxy groups -OCH3 is 2. The first-order valence-corrected chi connectivity index (χ1v) is 15.4. The molecule has 3 heterocycles. The molecule has 6 rings (SSSR count). The number of anilines is 6. The lowest BCUT2D eigenvalue weighted by atomic mass is 10.1. The van der Waals surface area contributed by atoms with Crippen molar-refractivity contribution in [1.82, 2.24) is 25.1 Å². The first-order chi connectivity index (χ1) is 21.5. The molecule has 0 radical (unpaired) electrons. The molecule has 0 aliphatic carbocycles. The van der Waals surface area contributed by atoms with E-state index >= 15 is 0 Å². The SMILES string of the molecule is COc1ccc(Nc2nc(Nc3ccc(OC)cc3)nc(Sc3nnc(NC4C(C)=NN(c5ccccc5)C4C)s3)n2)cc1. The Bertz CT molecular complexity index is 1670. The molecule has 14 heteroatoms. The highest BCUT2D eigenvalue weighted by Gasteiger charge is 2.33. The highest BCUT2D eigenvalue weighted by atomic mass is 32.2. The van der Waals surface area contributed by atoms with Gasteiger partial charge >= 0.3 is 0 Å². The van der Waals surface area contributed by atoms with Crippen molar-refractivity contribution in [2.24, 2.45) is 5.10 Å². The van der Waals surface area contributed by atoms with Crippen LogP contribution in [-0.4, -0.2) is 57.2 Å². The molecule has 1 aliphatic rings. The molecule has 0 saturated heterocycles. The smallest absolute Gasteiger partial charge is 0.233 e. The largest absolute Gasteiger partial charge is 0.497 e. The third-order valence-corrected chi connectivity index (χ3v) is 8.55. The Hall–Kier alpha value is -4.95. The molecule has 12 nitrogen and oxygen atoms in total. The van der Waals surface area contributed by atoms with Crippen LogP contribution in [0.15, 0.2) is 93.5 Å². The molecule has 224 valence electrons. The molecule has 0 fully saturated rings. The molecule has 2 unspecified atom stereocenters. The zero-order valence-corrected chi connectivity index (χ0v) is 26.1. The monoisotopic (exact) mass is 626 g/mol. The third-order valence-electron chi connectivity index (χ3n) is 6.78. The summed E-state index contributed by atoms with van der Waals surface area (Å²) in [6.07, 6.45) is 0. The summed E-state index contributed by atoms with van der Waals surface area (Å²) in [7, 11) is 3.26. The van der Waals surface area contributed by atoms with Crippen LogP contribution in [0.4, 0.5) is 34.1 Å². The maximum absolute atomic E-state index is 5.27. The molecule has 2 atom stereocenters. The van der Waals surface area contributed by atoms with E-state index in [0.717, 1.165) is 34.3 Å². The number of benzene rings is 3. The van der Waals surface area contributed by atoms with Gasteiger partial charge in [-0.3, -0.25) is 5.01 Å². The molecule has 0 saturated carbocycles. The quantitative estimate of drug-likeness (QED) is 0.149. The minimum Gasteiger partial charge on any atom is -0.497 e. The van der Waals surface area contributed by atoms with Gasteiger partial charge in [-0.15, -0.1) is 10.2 Å². The van der Waals surface area contributed by atoms with Crippen molar-refractivity contribution in [3.8, 4) is 11.5 Å². The number of nitrogens with zero attached hydrogens (tertiary/aromatic N) is 7. The Labute approximate surface area is 263 Å². The van der Waals surface area contributed by atoms with Crippen LogP contribution in [0, 0.1) is 0 Å². The molecule has 3 aromatic carbocycles. The number of aromatic nitrogens is 5. The first-order valence-electron chi connectivity index (χ1n) is 13.7. The van der Waals surface area contributed by atoms with Gasteiger partial charge < -0.3 is 25.4 Å². The summed E-state index contributed by atoms with van der Waals surface area (Å²) in [5.41, 5.74) is 3.63. The van der Waals surface area contributed by atoms with Gasteiger partial charge in [-0.1, -0.05) is 29.5 Å². The molecule has 5 aromatic rings. The number of hydrogen-bond donors (Lipinski definition) is 3. The van der Waals surface area contributed by atoms with E-state index < -0.39 is 0 Å². The molecular weight excluding hydrogens is 597 g/mol. The summed E-state index contributed by atoms with van der Waals surface area (Å²) in [6.45, 7) is 4.16. The van der Waals surface area contributed by atoms with Crippen LogP contribution in [0.1, 0.15) is 13.8 Å².